The number of thiophene rings is 7. The van der Waals surface area contributed by atoms with Gasteiger partial charge in [-0.15, -0.1) is 68.0 Å². The molecular weight excluding hydrogens is 1980 g/mol. The van der Waals surface area contributed by atoms with Crippen molar-refractivity contribution in [3.05, 3.63) is 253 Å². The summed E-state index contributed by atoms with van der Waals surface area (Å²) in [6.07, 6.45) is 15.2. The summed E-state index contributed by atoms with van der Waals surface area (Å²) in [5.74, 6) is -1.83. The predicted molar refractivity (Wildman–Crippen MR) is 585 cm³/mol. The minimum Gasteiger partial charge on any atom is -0.478 e. The van der Waals surface area contributed by atoms with Crippen LogP contribution < -0.4 is 20.9 Å². The van der Waals surface area contributed by atoms with Crippen molar-refractivity contribution in [1.29, 1.82) is 0 Å². The van der Waals surface area contributed by atoms with Gasteiger partial charge in [0.25, 0.3) is 0 Å². The van der Waals surface area contributed by atoms with E-state index in [1.54, 1.807) is 91.2 Å². The van der Waals surface area contributed by atoms with Gasteiger partial charge in [-0.25, -0.2) is 19.2 Å². The van der Waals surface area contributed by atoms with E-state index < -0.39 is 5.97 Å². The fourth-order valence-corrected chi connectivity index (χ4v) is 29.7. The molecule has 7 heterocycles. The summed E-state index contributed by atoms with van der Waals surface area (Å²) in [6.45, 7) is 62.6. The van der Waals surface area contributed by atoms with Crippen molar-refractivity contribution in [2.75, 3.05) is 55.3 Å². The second kappa shape index (κ2) is 43.0. The molecule has 0 bridgehead atoms. The Hall–Kier alpha value is -6.70. The van der Waals surface area contributed by atoms with Crippen LogP contribution in [-0.2, 0) is 79.2 Å². The minimum atomic E-state index is -0.885. The number of carboxylic acids is 1. The first-order valence-electron chi connectivity index (χ1n) is 46.6. The molecule has 0 saturated carbocycles. The number of carbonyl (C=O) groups is 4. The number of nitrogens with one attached hydrogen (secondary N) is 1. The molecule has 0 unspecified atom stereocenters. The van der Waals surface area contributed by atoms with Crippen molar-refractivity contribution in [3.8, 4) is 0 Å². The lowest BCUT2D eigenvalue weighted by Crippen LogP contribution is -2.32. The number of carboxylic acid groups (broad SMARTS) is 1. The minimum absolute atomic E-state index is 0.214. The van der Waals surface area contributed by atoms with E-state index in [0.717, 1.165) is 35.2 Å². The molecule has 133 heavy (non-hydrogen) atoms. The number of methoxy groups -OCH3 is 3. The second-order valence-electron chi connectivity index (χ2n) is 44.0. The number of esters is 3. The maximum Gasteiger partial charge on any atom is 0.337 e. The summed E-state index contributed by atoms with van der Waals surface area (Å²) in [6, 6.07) is 42.5. The molecule has 0 atom stereocenters. The van der Waals surface area contributed by atoms with Crippen LogP contribution in [0.4, 0.5) is 37.8 Å². The van der Waals surface area contributed by atoms with E-state index >= 15 is 0 Å². The average molecular weight is 2130 g/mol. The summed E-state index contributed by atoms with van der Waals surface area (Å²) in [7, 11) is 4.15. The van der Waals surface area contributed by atoms with Crippen LogP contribution in [0.3, 0.4) is 0 Å². The Morgan fingerprint density at radius 1 is 0.368 bits per heavy atom. The molecule has 17 rings (SSSR count). The number of nitrogen functional groups attached to an aromatic ring is 1. The van der Waals surface area contributed by atoms with E-state index in [-0.39, 0.29) is 50.4 Å². The monoisotopic (exact) mass is 2120 g/mol. The van der Waals surface area contributed by atoms with E-state index in [9.17, 15) is 19.2 Å². The number of benzene rings is 4. The van der Waals surface area contributed by atoms with Crippen LogP contribution in [0.2, 0.25) is 0 Å². The van der Waals surface area contributed by atoms with Gasteiger partial charge in [0.1, 0.15) is 0 Å². The Morgan fingerprint density at radius 2 is 0.707 bits per heavy atom. The van der Waals surface area contributed by atoms with Gasteiger partial charge < -0.3 is 40.2 Å². The van der Waals surface area contributed by atoms with Crippen molar-refractivity contribution < 1.29 is 38.5 Å². The lowest BCUT2D eigenvalue weighted by Gasteiger charge is -2.39. The molecular formula is C111H145Br3N4O8S7. The second-order valence-corrected chi connectivity index (χ2v) is 53.9. The maximum absolute atomic E-state index is 11.7. The Morgan fingerprint density at radius 3 is 1.05 bits per heavy atom. The number of carbonyl (C=O) groups excluding carboxylic acids is 3. The van der Waals surface area contributed by atoms with E-state index in [1.807, 2.05) is 133 Å². The van der Waals surface area contributed by atoms with Gasteiger partial charge in [0, 0.05) is 84.8 Å². The van der Waals surface area contributed by atoms with Gasteiger partial charge in [-0.1, -0.05) is 166 Å². The fourth-order valence-electron chi connectivity index (χ4n) is 18.5. The number of hydrogen-bond donors (Lipinski definition) is 3. The van der Waals surface area contributed by atoms with E-state index in [2.05, 4.69) is 289 Å². The molecule has 0 radical (unpaired) electrons. The molecule has 0 saturated heterocycles. The number of nitrogens with zero attached hydrogens (tertiary/aromatic N) is 2. The van der Waals surface area contributed by atoms with Crippen LogP contribution in [0, 0.1) is 0 Å². The van der Waals surface area contributed by atoms with E-state index in [4.69, 9.17) is 20.3 Å². The van der Waals surface area contributed by atoms with Crippen LogP contribution in [0.1, 0.15) is 361 Å². The summed E-state index contributed by atoms with van der Waals surface area (Å²) in [4.78, 5) is 59.0. The number of anilines is 7. The summed E-state index contributed by atoms with van der Waals surface area (Å²) >= 11 is 23.7. The molecule has 7 aromatic heterocycles. The van der Waals surface area contributed by atoms with Crippen LogP contribution in [0.25, 0.3) is 0 Å². The smallest absolute Gasteiger partial charge is 0.337 e. The number of halogens is 3. The van der Waals surface area contributed by atoms with Crippen molar-refractivity contribution in [2.24, 2.45) is 0 Å². The molecule has 12 nitrogen and oxygen atoms in total. The summed E-state index contributed by atoms with van der Waals surface area (Å²) in [5.41, 5.74) is 24.0. The quantitative estimate of drug-likeness (QED) is 0.0604. The molecule has 6 aliphatic carbocycles. The Balaban J connectivity index is 0.000000162. The Kier molecular flexibility index (Phi) is 35.0. The highest BCUT2D eigenvalue weighted by Gasteiger charge is 2.46. The molecule has 6 aliphatic rings. The first kappa shape index (κ1) is 108. The lowest BCUT2D eigenvalue weighted by atomic mass is 9.67. The van der Waals surface area contributed by atoms with Crippen LogP contribution in [0.15, 0.2) is 168 Å². The summed E-state index contributed by atoms with van der Waals surface area (Å²) < 4.78 is 17.8. The molecule has 0 fully saturated rings. The van der Waals surface area contributed by atoms with E-state index in [1.165, 1.54) is 152 Å². The Labute approximate surface area is 849 Å². The zero-order valence-electron chi connectivity index (χ0n) is 84.2. The molecule has 0 aliphatic heterocycles. The highest BCUT2D eigenvalue weighted by Crippen LogP contribution is 2.58. The topological polar surface area (TPSA) is 161 Å². The van der Waals surface area contributed by atoms with Gasteiger partial charge in [0.2, 0.25) is 0 Å². The molecule has 11 aromatic rings. The zero-order chi connectivity index (χ0) is 98.5. The summed E-state index contributed by atoms with van der Waals surface area (Å²) in [5, 5.41) is 24.9. The number of rotatable bonds is 12. The maximum atomic E-state index is 11.7. The predicted octanol–water partition coefficient (Wildman–Crippen LogP) is 35.0. The molecule has 720 valence electrons. The van der Waals surface area contributed by atoms with Crippen molar-refractivity contribution >= 4 is 189 Å². The standard InChI is InChI=1S/C22H29NO2S.C21H27NO2S.C20H25NO2S.2C12H17BrS.C12H18S.C8H9NO2.C4H3BrS/c1-7-23(16-10-8-15(9-11-16)20(24)25-6)18-14-17-19(26-18)22(4,5)13-12-21(17,2)3;1-6-22(15-9-7-14(8-10-15)19(23)24)17-13-16-18(25-17)21(4,5)12-11-20(16,2)3;1-19(2)10-11-20(3,4)17-15(19)12-16(24-17)21-14-8-6-13(7-9-14)18(22)23-5;1-11(2)5-6-12(3,4)10-9(11)8(13)7-14-10;1-11(2)5-6-12(3,4)10-8(11)7-9(13)14-10;1-11(2)6-7-12(3,4)10-9(11)5-8-13-10;1-11-8(10)6-2-4-7(9)5-3-6;5-4-1-2-6-3-4/h8-11,14H,7,12-13H2,1-6H3;7-10,13H,6,11-12H2,1-5H3,(H,23,24);6-9,12,21H,10-11H2,1-5H3;2*7H,5-6H2,1-4H3;5,8H,6-7H2,1-4H3;2-5H,9H2,1H3;1-3H. The first-order chi connectivity index (χ1) is 61.8. The van der Waals surface area contributed by atoms with Gasteiger partial charge in [0.15, 0.2) is 0 Å². The number of ether oxygens (including phenoxy) is 3. The first-order valence-corrected chi connectivity index (χ1v) is 54.9. The number of nitrogens with two attached hydrogens (primary N) is 1. The highest BCUT2D eigenvalue weighted by molar-refractivity contribution is 9.11. The van der Waals surface area contributed by atoms with Crippen LogP contribution in [-0.4, -0.2) is 63.4 Å². The molecule has 0 amide bonds. The van der Waals surface area contributed by atoms with Gasteiger partial charge in [-0.2, -0.15) is 11.3 Å². The number of hydrogen-bond acceptors (Lipinski definition) is 18. The van der Waals surface area contributed by atoms with Crippen LogP contribution >= 0.6 is 127 Å². The highest BCUT2D eigenvalue weighted by atomic mass is 79.9. The largest absolute Gasteiger partial charge is 0.478 e. The normalized spacial score (nSPS) is 18.4. The van der Waals surface area contributed by atoms with Crippen LogP contribution in [0.5, 0.6) is 0 Å². The number of fused-ring (bicyclic) bond motifs is 6. The number of aromatic carboxylic acids is 1. The molecule has 22 heteroatoms. The van der Waals surface area contributed by atoms with Crippen molar-refractivity contribution in [3.63, 3.8) is 0 Å². The van der Waals surface area contributed by atoms with Gasteiger partial charge >= 0.3 is 23.9 Å². The molecule has 4 N–H and O–H groups in total. The third-order valence-corrected chi connectivity index (χ3v) is 39.6. The van der Waals surface area contributed by atoms with Crippen molar-refractivity contribution in [1.82, 2.24) is 0 Å². The van der Waals surface area contributed by atoms with Crippen molar-refractivity contribution in [2.45, 2.75) is 322 Å². The third-order valence-electron chi connectivity index (χ3n) is 28.1. The zero-order valence-corrected chi connectivity index (χ0v) is 94.7. The Bertz CT molecular complexity index is 5600. The van der Waals surface area contributed by atoms with Gasteiger partial charge in [0.05, 0.1) is 62.4 Å². The molecule has 0 spiro atoms. The third kappa shape index (κ3) is 25.9. The lowest BCUT2D eigenvalue weighted by molar-refractivity contribution is 0.0592. The molecule has 4 aromatic carbocycles. The van der Waals surface area contributed by atoms with E-state index in [0.29, 0.717) is 60.4 Å². The average Bonchev–Trinajstić information content (AvgIpc) is 1.53. The fraction of sp³-hybridized carbons (Fsp3) is 0.495. The van der Waals surface area contributed by atoms with Gasteiger partial charge in [-0.05, 0) is 381 Å². The van der Waals surface area contributed by atoms with Gasteiger partial charge in [-0.3, -0.25) is 0 Å². The SMILES string of the molecule is Brc1ccsc1.CC1(C)CCC(C)(C)c2c(Br)csc21.CC1(C)CCC(C)(C)c2sc(Br)cc21.CC1(C)CCC(C)(C)c2sccc21.CCN(c1ccc(C(=O)O)cc1)c1cc2c(s1)C(C)(C)CCC2(C)C.CCN(c1ccc(C(=O)OC)cc1)c1cc2c(s1)C(C)(C)CCC2(C)C.COC(=O)c1ccc(N)cc1.COC(=O)c1ccc(Nc2cc3c(s2)C(C)(C)CCC3(C)C)cc1.